The average molecular weight is 199 g/mol. The zero-order valence-corrected chi connectivity index (χ0v) is 8.19. The van der Waals surface area contributed by atoms with Gasteiger partial charge in [-0.3, -0.25) is 0 Å². The van der Waals surface area contributed by atoms with Gasteiger partial charge in [0.1, 0.15) is 17.8 Å². The normalized spacial score (nSPS) is 11.0. The molecule has 0 radical (unpaired) electrons. The Morgan fingerprint density at radius 2 is 2.20 bits per heavy atom. The van der Waals surface area contributed by atoms with E-state index in [0.29, 0.717) is 0 Å². The smallest absolute Gasteiger partial charge is 0.124 e. The van der Waals surface area contributed by atoms with Gasteiger partial charge in [0.25, 0.3) is 0 Å². The van der Waals surface area contributed by atoms with Crippen molar-refractivity contribution in [3.8, 4) is 11.3 Å². The Kier molecular flexibility index (Phi) is 1.62. The standard InChI is InChI=1S/C11H9N3O/c1-7-12-10-4-2-3-8(11(10)13-7)9-5-6-15-14-9/h2-6H,1H3,(H,12,13). The van der Waals surface area contributed by atoms with Crippen LogP contribution >= 0.6 is 0 Å². The summed E-state index contributed by atoms with van der Waals surface area (Å²) in [5.74, 6) is 0.904. The first-order valence-corrected chi connectivity index (χ1v) is 4.71. The van der Waals surface area contributed by atoms with Crippen molar-refractivity contribution >= 4 is 11.0 Å². The van der Waals surface area contributed by atoms with Gasteiger partial charge in [0.2, 0.25) is 0 Å². The first-order chi connectivity index (χ1) is 7.34. The molecule has 4 heteroatoms. The predicted molar refractivity (Wildman–Crippen MR) is 56.3 cm³/mol. The SMILES string of the molecule is Cc1nc2c(-c3ccon3)cccc2[nH]1. The molecule has 0 saturated heterocycles. The van der Waals surface area contributed by atoms with Gasteiger partial charge in [0, 0.05) is 11.6 Å². The van der Waals surface area contributed by atoms with Gasteiger partial charge in [0.15, 0.2) is 0 Å². The Morgan fingerprint density at radius 1 is 1.27 bits per heavy atom. The van der Waals surface area contributed by atoms with Crippen LogP contribution in [0, 0.1) is 6.92 Å². The van der Waals surface area contributed by atoms with Gasteiger partial charge in [-0.2, -0.15) is 0 Å². The molecule has 2 aromatic heterocycles. The molecule has 3 rings (SSSR count). The number of para-hydroxylation sites is 1. The first-order valence-electron chi connectivity index (χ1n) is 4.71. The molecule has 0 amide bonds. The molecule has 1 aromatic carbocycles. The van der Waals surface area contributed by atoms with Crippen LogP contribution in [-0.4, -0.2) is 15.1 Å². The summed E-state index contributed by atoms with van der Waals surface area (Å²) < 4.78 is 4.84. The molecule has 0 spiro atoms. The molecule has 0 bridgehead atoms. The number of benzene rings is 1. The Balaban J connectivity index is 2.35. The second kappa shape index (κ2) is 2.95. The Labute approximate surface area is 85.9 Å². The highest BCUT2D eigenvalue weighted by Gasteiger charge is 2.08. The predicted octanol–water partition coefficient (Wildman–Crippen LogP) is 2.53. The highest BCUT2D eigenvalue weighted by atomic mass is 16.5. The number of rotatable bonds is 1. The van der Waals surface area contributed by atoms with Crippen LogP contribution in [0.1, 0.15) is 5.82 Å². The number of nitrogens with one attached hydrogen (secondary N) is 1. The number of hydrogen-bond donors (Lipinski definition) is 1. The fourth-order valence-corrected chi connectivity index (χ4v) is 1.71. The van der Waals surface area contributed by atoms with Gasteiger partial charge in [-0.15, -0.1) is 0 Å². The summed E-state index contributed by atoms with van der Waals surface area (Å²) in [7, 11) is 0. The van der Waals surface area contributed by atoms with Crippen LogP contribution in [0.25, 0.3) is 22.3 Å². The largest absolute Gasteiger partial charge is 0.364 e. The van der Waals surface area contributed by atoms with Gasteiger partial charge in [0.05, 0.1) is 11.0 Å². The van der Waals surface area contributed by atoms with Gasteiger partial charge in [-0.25, -0.2) is 4.98 Å². The minimum Gasteiger partial charge on any atom is -0.364 e. The first kappa shape index (κ1) is 8.23. The molecule has 0 aliphatic rings. The summed E-state index contributed by atoms with van der Waals surface area (Å²) in [6, 6.07) is 7.79. The van der Waals surface area contributed by atoms with Crippen LogP contribution in [0.3, 0.4) is 0 Å². The fraction of sp³-hybridized carbons (Fsp3) is 0.0909. The van der Waals surface area contributed by atoms with E-state index in [1.807, 2.05) is 31.2 Å². The molecule has 4 nitrogen and oxygen atoms in total. The summed E-state index contributed by atoms with van der Waals surface area (Å²) in [5, 5.41) is 3.92. The van der Waals surface area contributed by atoms with Gasteiger partial charge in [-0.1, -0.05) is 17.3 Å². The lowest BCUT2D eigenvalue weighted by Crippen LogP contribution is -1.79. The molecule has 1 N–H and O–H groups in total. The molecule has 3 aromatic rings. The summed E-state index contributed by atoms with van der Waals surface area (Å²) >= 11 is 0. The molecule has 2 heterocycles. The molecular formula is C11H9N3O. The second-order valence-electron chi connectivity index (χ2n) is 3.41. The number of fused-ring (bicyclic) bond motifs is 1. The number of aryl methyl sites for hydroxylation is 1. The van der Waals surface area contributed by atoms with E-state index >= 15 is 0 Å². The van der Waals surface area contributed by atoms with Crippen molar-refractivity contribution < 1.29 is 4.52 Å². The number of aromatic nitrogens is 3. The van der Waals surface area contributed by atoms with E-state index in [9.17, 15) is 0 Å². The van der Waals surface area contributed by atoms with Gasteiger partial charge < -0.3 is 9.51 Å². The van der Waals surface area contributed by atoms with Crippen LogP contribution in [0.5, 0.6) is 0 Å². The number of nitrogens with zero attached hydrogens (tertiary/aromatic N) is 2. The van der Waals surface area contributed by atoms with Crippen LogP contribution in [0.15, 0.2) is 35.1 Å². The van der Waals surface area contributed by atoms with E-state index in [1.165, 1.54) is 0 Å². The Morgan fingerprint density at radius 3 is 3.00 bits per heavy atom. The third kappa shape index (κ3) is 1.22. The van der Waals surface area contributed by atoms with E-state index in [1.54, 1.807) is 6.26 Å². The lowest BCUT2D eigenvalue weighted by atomic mass is 10.1. The monoisotopic (exact) mass is 199 g/mol. The second-order valence-corrected chi connectivity index (χ2v) is 3.41. The van der Waals surface area contributed by atoms with E-state index in [0.717, 1.165) is 28.1 Å². The molecule has 0 aliphatic carbocycles. The fourth-order valence-electron chi connectivity index (χ4n) is 1.71. The number of hydrogen-bond acceptors (Lipinski definition) is 3. The number of imidazole rings is 1. The van der Waals surface area contributed by atoms with Crippen molar-refractivity contribution in [2.24, 2.45) is 0 Å². The van der Waals surface area contributed by atoms with E-state index in [4.69, 9.17) is 4.52 Å². The average Bonchev–Trinajstić information content (AvgIpc) is 2.82. The molecule has 0 unspecified atom stereocenters. The Hall–Kier alpha value is -2.10. The van der Waals surface area contributed by atoms with Crippen LogP contribution < -0.4 is 0 Å². The van der Waals surface area contributed by atoms with Crippen molar-refractivity contribution in [3.05, 3.63) is 36.4 Å². The zero-order valence-electron chi connectivity index (χ0n) is 8.19. The van der Waals surface area contributed by atoms with Crippen LogP contribution in [-0.2, 0) is 0 Å². The van der Waals surface area contributed by atoms with Crippen LogP contribution in [0.2, 0.25) is 0 Å². The lowest BCUT2D eigenvalue weighted by molar-refractivity contribution is 0.422. The van der Waals surface area contributed by atoms with Crippen LogP contribution in [0.4, 0.5) is 0 Å². The maximum absolute atomic E-state index is 4.84. The molecule has 74 valence electrons. The highest BCUT2D eigenvalue weighted by Crippen LogP contribution is 2.25. The maximum atomic E-state index is 4.84. The van der Waals surface area contributed by atoms with E-state index in [2.05, 4.69) is 15.1 Å². The Bertz CT molecular complexity index is 595. The summed E-state index contributed by atoms with van der Waals surface area (Å²) in [6.45, 7) is 1.94. The molecular weight excluding hydrogens is 190 g/mol. The molecule has 0 saturated carbocycles. The highest BCUT2D eigenvalue weighted by molar-refractivity contribution is 5.90. The van der Waals surface area contributed by atoms with Crippen molar-refractivity contribution in [2.75, 3.05) is 0 Å². The van der Waals surface area contributed by atoms with Gasteiger partial charge in [-0.05, 0) is 13.0 Å². The summed E-state index contributed by atoms with van der Waals surface area (Å²) in [5.41, 5.74) is 3.76. The zero-order chi connectivity index (χ0) is 10.3. The number of aromatic amines is 1. The van der Waals surface area contributed by atoms with Crippen molar-refractivity contribution in [1.82, 2.24) is 15.1 Å². The minimum absolute atomic E-state index is 0.812. The van der Waals surface area contributed by atoms with E-state index in [-0.39, 0.29) is 0 Å². The minimum atomic E-state index is 0.812. The topological polar surface area (TPSA) is 54.7 Å². The molecule has 15 heavy (non-hydrogen) atoms. The maximum Gasteiger partial charge on any atom is 0.124 e. The van der Waals surface area contributed by atoms with Gasteiger partial charge >= 0.3 is 0 Å². The molecule has 0 atom stereocenters. The van der Waals surface area contributed by atoms with Crippen molar-refractivity contribution in [1.29, 1.82) is 0 Å². The third-order valence-corrected chi connectivity index (χ3v) is 2.34. The lowest BCUT2D eigenvalue weighted by Gasteiger charge is -1.95. The van der Waals surface area contributed by atoms with Crippen molar-refractivity contribution in [3.63, 3.8) is 0 Å². The summed E-state index contributed by atoms with van der Waals surface area (Å²) in [6.07, 6.45) is 1.56. The van der Waals surface area contributed by atoms with Crippen molar-refractivity contribution in [2.45, 2.75) is 6.92 Å². The van der Waals surface area contributed by atoms with E-state index < -0.39 is 0 Å². The quantitative estimate of drug-likeness (QED) is 0.655. The number of H-pyrrole nitrogens is 1. The molecule has 0 fully saturated rings. The summed E-state index contributed by atoms with van der Waals surface area (Å²) in [4.78, 5) is 7.62. The third-order valence-electron chi connectivity index (χ3n) is 2.34. The molecule has 0 aliphatic heterocycles.